The first kappa shape index (κ1) is 39.6. The number of esters is 1. The molecule has 0 aromatic heterocycles. The Labute approximate surface area is 274 Å². The number of carbonyl (C=O) groups excluding carboxylic acids is 4. The zero-order valence-corrected chi connectivity index (χ0v) is 28.6. The molecule has 0 spiro atoms. The van der Waals surface area contributed by atoms with Crippen molar-refractivity contribution in [2.24, 2.45) is 17.1 Å². The Bertz CT molecular complexity index is 1190. The van der Waals surface area contributed by atoms with Gasteiger partial charge in [0, 0.05) is 54.8 Å². The molecule has 0 bridgehead atoms. The van der Waals surface area contributed by atoms with Crippen molar-refractivity contribution >= 4 is 35.4 Å². The minimum absolute atomic E-state index is 0.0406. The third kappa shape index (κ3) is 17.0. The first-order chi connectivity index (χ1) is 21.1. The standard InChI is InChI=1S/C35H52ClN3O6/c1-24(23-26(3)30-20-17-25(2)33(42)45-30)13-8-11-16-31(41)39-32(35(5,6)7)29(40)15-10-9-14-28(19-18-27(4)36)44-34(43)38-22-12-21-37/h8-11,13,16-18,23,26,28,30,32H,12,14-15,19-22,37H2,1-7H3,(H,38,43)(H,39,41)/b10-9-,13-8-,16-11-,24-23+,27-18+/t26-,28+,30-,32+/m0/s1. The molecule has 0 aromatic carbocycles. The van der Waals surface area contributed by atoms with Gasteiger partial charge in [-0.2, -0.15) is 0 Å². The third-order valence-electron chi connectivity index (χ3n) is 7.01. The van der Waals surface area contributed by atoms with Gasteiger partial charge in [-0.15, -0.1) is 0 Å². The number of allylic oxidation sites excluding steroid dienone is 6. The monoisotopic (exact) mass is 645 g/mol. The van der Waals surface area contributed by atoms with Gasteiger partial charge in [0.05, 0.1) is 6.04 Å². The zero-order chi connectivity index (χ0) is 34.0. The lowest BCUT2D eigenvalue weighted by Crippen LogP contribution is -2.48. The molecular weight excluding hydrogens is 594 g/mol. The van der Waals surface area contributed by atoms with Gasteiger partial charge >= 0.3 is 12.1 Å². The van der Waals surface area contributed by atoms with Crippen LogP contribution in [0.2, 0.25) is 0 Å². The SMILES string of the molecule is CC1=CC[C@@H]([C@@H](C)/C=C(C)/C=C\C=C/C(=O)N[C@H](C(=O)C/C=C\C[C@H](C/C=C(\C)Cl)OC(=O)NCCCN)C(C)(C)C)OC1=O. The average Bonchev–Trinajstić information content (AvgIpc) is 2.95. The number of hydrogen-bond acceptors (Lipinski definition) is 7. The summed E-state index contributed by atoms with van der Waals surface area (Å²) in [6, 6.07) is -0.705. The fourth-order valence-corrected chi connectivity index (χ4v) is 4.50. The highest BCUT2D eigenvalue weighted by molar-refractivity contribution is 6.29. The quantitative estimate of drug-likeness (QED) is 0.0551. The first-order valence-electron chi connectivity index (χ1n) is 15.5. The second-order valence-corrected chi connectivity index (χ2v) is 13.0. The molecule has 4 N–H and O–H groups in total. The Morgan fingerprint density at radius 2 is 1.84 bits per heavy atom. The van der Waals surface area contributed by atoms with Gasteiger partial charge in [-0.05, 0) is 39.2 Å². The van der Waals surface area contributed by atoms with E-state index in [4.69, 9.17) is 26.8 Å². The van der Waals surface area contributed by atoms with E-state index in [9.17, 15) is 19.2 Å². The Balaban J connectivity index is 2.71. The number of alkyl carbamates (subject to hydrolysis) is 1. The van der Waals surface area contributed by atoms with Crippen LogP contribution < -0.4 is 16.4 Å². The van der Waals surface area contributed by atoms with Crippen molar-refractivity contribution in [2.45, 2.75) is 98.8 Å². The molecule has 1 aliphatic heterocycles. The van der Waals surface area contributed by atoms with Crippen LogP contribution in [0, 0.1) is 11.3 Å². The molecule has 1 aliphatic rings. The number of halogens is 1. The molecule has 0 radical (unpaired) electrons. The highest BCUT2D eigenvalue weighted by atomic mass is 35.5. The molecule has 0 fully saturated rings. The zero-order valence-electron chi connectivity index (χ0n) is 27.9. The van der Waals surface area contributed by atoms with Crippen molar-refractivity contribution in [1.29, 1.82) is 0 Å². The van der Waals surface area contributed by atoms with Crippen LogP contribution in [0.3, 0.4) is 0 Å². The molecule has 0 saturated carbocycles. The van der Waals surface area contributed by atoms with E-state index in [-0.39, 0.29) is 36.1 Å². The van der Waals surface area contributed by atoms with Crippen molar-refractivity contribution in [3.63, 3.8) is 0 Å². The number of hydrogen-bond donors (Lipinski definition) is 3. The predicted molar refractivity (Wildman–Crippen MR) is 180 cm³/mol. The lowest BCUT2D eigenvalue weighted by Gasteiger charge is -2.29. The molecule has 45 heavy (non-hydrogen) atoms. The molecule has 0 saturated heterocycles. The Morgan fingerprint density at radius 1 is 1.16 bits per heavy atom. The summed E-state index contributed by atoms with van der Waals surface area (Å²) in [6.45, 7) is 14.0. The normalized spacial score (nSPS) is 18.5. The average molecular weight is 646 g/mol. The second kappa shape index (κ2) is 20.6. The summed E-state index contributed by atoms with van der Waals surface area (Å²) in [5.74, 6) is -0.744. The summed E-state index contributed by atoms with van der Waals surface area (Å²) in [5.41, 5.74) is 6.56. The number of amides is 2. The van der Waals surface area contributed by atoms with Crippen LogP contribution in [-0.4, -0.2) is 55.1 Å². The summed E-state index contributed by atoms with van der Waals surface area (Å²) in [7, 11) is 0. The number of ketones is 1. The smallest absolute Gasteiger partial charge is 0.407 e. The van der Waals surface area contributed by atoms with E-state index in [1.807, 2.05) is 52.8 Å². The number of cyclic esters (lactones) is 1. The summed E-state index contributed by atoms with van der Waals surface area (Å²) < 4.78 is 11.0. The molecular formula is C35H52ClN3O6. The number of ether oxygens (including phenoxy) is 2. The first-order valence-corrected chi connectivity index (χ1v) is 15.9. The summed E-state index contributed by atoms with van der Waals surface area (Å²) >= 11 is 5.96. The van der Waals surface area contributed by atoms with E-state index in [0.717, 1.165) is 5.57 Å². The largest absolute Gasteiger partial charge is 0.458 e. The molecule has 1 heterocycles. The lowest BCUT2D eigenvalue weighted by molar-refractivity contribution is -0.147. The van der Waals surface area contributed by atoms with Crippen LogP contribution in [0.4, 0.5) is 4.79 Å². The maximum Gasteiger partial charge on any atom is 0.407 e. The maximum absolute atomic E-state index is 13.1. The van der Waals surface area contributed by atoms with Crippen LogP contribution in [0.5, 0.6) is 0 Å². The van der Waals surface area contributed by atoms with Crippen molar-refractivity contribution < 1.29 is 28.7 Å². The van der Waals surface area contributed by atoms with Crippen molar-refractivity contribution in [1.82, 2.24) is 10.6 Å². The number of nitrogens with two attached hydrogens (primary N) is 1. The highest BCUT2D eigenvalue weighted by Gasteiger charge is 2.31. The summed E-state index contributed by atoms with van der Waals surface area (Å²) in [4.78, 5) is 49.7. The highest BCUT2D eigenvalue weighted by Crippen LogP contribution is 2.23. The molecule has 0 aliphatic carbocycles. The number of carbonyl (C=O) groups is 4. The molecule has 250 valence electrons. The van der Waals surface area contributed by atoms with Crippen molar-refractivity contribution in [3.05, 3.63) is 70.9 Å². The van der Waals surface area contributed by atoms with Gasteiger partial charge in [-0.25, -0.2) is 9.59 Å². The van der Waals surface area contributed by atoms with Gasteiger partial charge in [0.1, 0.15) is 12.2 Å². The Hall–Kier alpha value is -3.43. The van der Waals surface area contributed by atoms with Crippen LogP contribution in [0.25, 0.3) is 0 Å². The molecule has 0 aromatic rings. The molecule has 1 rings (SSSR count). The lowest BCUT2D eigenvalue weighted by atomic mass is 9.83. The minimum atomic E-state index is -0.705. The topological polar surface area (TPSA) is 137 Å². The van der Waals surface area contributed by atoms with Gasteiger partial charge in [0.2, 0.25) is 5.91 Å². The molecule has 0 unspecified atom stereocenters. The molecule has 2 amide bonds. The van der Waals surface area contributed by atoms with Crippen LogP contribution in [-0.2, 0) is 23.9 Å². The summed E-state index contributed by atoms with van der Waals surface area (Å²) in [5, 5.41) is 6.10. The number of nitrogens with one attached hydrogen (secondary N) is 2. The van der Waals surface area contributed by atoms with E-state index in [1.165, 1.54) is 6.08 Å². The van der Waals surface area contributed by atoms with Crippen molar-refractivity contribution in [2.75, 3.05) is 13.1 Å². The van der Waals surface area contributed by atoms with E-state index in [1.54, 1.807) is 44.2 Å². The van der Waals surface area contributed by atoms with E-state index in [0.29, 0.717) is 49.4 Å². The Morgan fingerprint density at radius 3 is 2.47 bits per heavy atom. The maximum atomic E-state index is 13.1. The van der Waals surface area contributed by atoms with Gasteiger partial charge in [-0.3, -0.25) is 9.59 Å². The van der Waals surface area contributed by atoms with Gasteiger partial charge in [0.15, 0.2) is 5.78 Å². The fourth-order valence-electron chi connectivity index (χ4n) is 4.41. The van der Waals surface area contributed by atoms with Crippen LogP contribution >= 0.6 is 11.6 Å². The van der Waals surface area contributed by atoms with Crippen molar-refractivity contribution in [3.8, 4) is 0 Å². The molecule has 10 heteroatoms. The number of rotatable bonds is 17. The molecule has 4 atom stereocenters. The predicted octanol–water partition coefficient (Wildman–Crippen LogP) is 6.36. The second-order valence-electron chi connectivity index (χ2n) is 12.4. The van der Waals surface area contributed by atoms with E-state index >= 15 is 0 Å². The molecule has 9 nitrogen and oxygen atoms in total. The van der Waals surface area contributed by atoms with Crippen LogP contribution in [0.15, 0.2) is 70.9 Å². The van der Waals surface area contributed by atoms with Gasteiger partial charge in [-0.1, -0.05) is 93.5 Å². The van der Waals surface area contributed by atoms with E-state index in [2.05, 4.69) is 10.6 Å². The number of Topliss-reactive ketones (excluding diaryl/α,β-unsaturated/α-hetero) is 1. The summed E-state index contributed by atoms with van der Waals surface area (Å²) in [6.07, 6.45) is 17.0. The van der Waals surface area contributed by atoms with Gasteiger partial charge in [0.25, 0.3) is 0 Å². The minimum Gasteiger partial charge on any atom is -0.458 e. The fraction of sp³-hybridized carbons (Fsp3) is 0.543. The van der Waals surface area contributed by atoms with Gasteiger partial charge < -0.3 is 25.8 Å². The van der Waals surface area contributed by atoms with Crippen LogP contribution in [0.1, 0.15) is 80.6 Å². The third-order valence-corrected chi connectivity index (χ3v) is 7.17. The van der Waals surface area contributed by atoms with E-state index < -0.39 is 23.7 Å². The Kier molecular flexibility index (Phi) is 18.1.